The molecule has 0 saturated heterocycles. The van der Waals surface area contributed by atoms with Crippen LogP contribution >= 0.6 is 0 Å². The number of hydrogen-bond donors (Lipinski definition) is 2. The summed E-state index contributed by atoms with van der Waals surface area (Å²) in [6.07, 6.45) is 2.88. The highest BCUT2D eigenvalue weighted by molar-refractivity contribution is 5.79. The molecule has 0 radical (unpaired) electrons. The number of nitrogens with one attached hydrogen (secondary N) is 1. The van der Waals surface area contributed by atoms with Crippen molar-refractivity contribution in [3.63, 3.8) is 0 Å². The molecule has 1 amide bonds. The summed E-state index contributed by atoms with van der Waals surface area (Å²) in [5.41, 5.74) is 0.790. The van der Waals surface area contributed by atoms with E-state index >= 15 is 0 Å². The van der Waals surface area contributed by atoms with Crippen LogP contribution < -0.4 is 5.32 Å². The maximum Gasteiger partial charge on any atom is 0.329 e. The second-order valence-electron chi connectivity index (χ2n) is 4.74. The Hall–Kier alpha value is -1.88. The second kappa shape index (κ2) is 5.84. The van der Waals surface area contributed by atoms with Gasteiger partial charge in [0.05, 0.1) is 5.54 Å². The number of rotatable bonds is 6. The summed E-state index contributed by atoms with van der Waals surface area (Å²) >= 11 is 0. The van der Waals surface area contributed by atoms with Crippen LogP contribution in [0.15, 0.2) is 30.3 Å². The summed E-state index contributed by atoms with van der Waals surface area (Å²) < 4.78 is 4.80. The Morgan fingerprint density at radius 1 is 1.21 bits per heavy atom. The van der Waals surface area contributed by atoms with Crippen LogP contribution in [0, 0.1) is 0 Å². The second-order valence-corrected chi connectivity index (χ2v) is 4.74. The summed E-state index contributed by atoms with van der Waals surface area (Å²) in [7, 11) is 0. The van der Waals surface area contributed by atoms with Crippen LogP contribution in [-0.4, -0.2) is 30.2 Å². The van der Waals surface area contributed by atoms with Crippen molar-refractivity contribution in [2.75, 3.05) is 13.2 Å². The van der Waals surface area contributed by atoms with Crippen molar-refractivity contribution in [3.8, 4) is 0 Å². The quantitative estimate of drug-likeness (QED) is 0.810. The van der Waals surface area contributed by atoms with Gasteiger partial charge in [-0.05, 0) is 24.8 Å². The highest BCUT2D eigenvalue weighted by Crippen LogP contribution is 2.40. The van der Waals surface area contributed by atoms with Gasteiger partial charge in [0.25, 0.3) is 0 Å². The Morgan fingerprint density at radius 2 is 1.89 bits per heavy atom. The summed E-state index contributed by atoms with van der Waals surface area (Å²) in [6.45, 7) is -0.674. The van der Waals surface area contributed by atoms with E-state index in [1.54, 1.807) is 0 Å². The fraction of sp³-hybridized carbons (Fsp3) is 0.429. The number of carboxylic acid groups (broad SMARTS) is 1. The van der Waals surface area contributed by atoms with E-state index in [9.17, 15) is 9.59 Å². The third-order valence-electron chi connectivity index (χ3n) is 3.37. The number of carbonyl (C=O) groups excluding carboxylic acids is 1. The molecule has 5 heteroatoms. The SMILES string of the molecule is O=C(O)COCC(=O)NC1(c2ccccc2)CCC1. The van der Waals surface area contributed by atoms with Crippen LogP contribution in [-0.2, 0) is 19.9 Å². The molecular weight excluding hydrogens is 246 g/mol. The van der Waals surface area contributed by atoms with Crippen molar-refractivity contribution >= 4 is 11.9 Å². The van der Waals surface area contributed by atoms with Gasteiger partial charge in [0.1, 0.15) is 13.2 Å². The van der Waals surface area contributed by atoms with Gasteiger partial charge in [-0.25, -0.2) is 4.79 Å². The molecule has 1 aliphatic rings. The maximum absolute atomic E-state index is 11.8. The minimum absolute atomic E-state index is 0.221. The van der Waals surface area contributed by atoms with Crippen molar-refractivity contribution in [2.45, 2.75) is 24.8 Å². The van der Waals surface area contributed by atoms with Gasteiger partial charge in [0, 0.05) is 0 Å². The molecule has 1 aromatic carbocycles. The summed E-state index contributed by atoms with van der Waals surface area (Å²) in [5, 5.41) is 11.4. The number of aliphatic carboxylic acids is 1. The lowest BCUT2D eigenvalue weighted by Crippen LogP contribution is -2.51. The van der Waals surface area contributed by atoms with Gasteiger partial charge in [-0.1, -0.05) is 30.3 Å². The van der Waals surface area contributed by atoms with Crippen molar-refractivity contribution in [1.29, 1.82) is 0 Å². The van der Waals surface area contributed by atoms with Gasteiger partial charge < -0.3 is 15.2 Å². The van der Waals surface area contributed by atoms with Gasteiger partial charge in [0.15, 0.2) is 0 Å². The smallest absolute Gasteiger partial charge is 0.329 e. The van der Waals surface area contributed by atoms with E-state index in [-0.39, 0.29) is 18.1 Å². The minimum Gasteiger partial charge on any atom is -0.480 e. The number of amides is 1. The van der Waals surface area contributed by atoms with Crippen molar-refractivity contribution in [2.24, 2.45) is 0 Å². The van der Waals surface area contributed by atoms with Crippen molar-refractivity contribution < 1.29 is 19.4 Å². The predicted molar refractivity (Wildman–Crippen MR) is 68.6 cm³/mol. The molecule has 5 nitrogen and oxygen atoms in total. The van der Waals surface area contributed by atoms with Crippen LogP contribution in [0.4, 0.5) is 0 Å². The van der Waals surface area contributed by atoms with Gasteiger partial charge in [-0.3, -0.25) is 4.79 Å². The lowest BCUT2D eigenvalue weighted by molar-refractivity contribution is -0.144. The molecule has 1 aromatic rings. The molecule has 102 valence electrons. The molecule has 0 heterocycles. The van der Waals surface area contributed by atoms with Crippen molar-refractivity contribution in [1.82, 2.24) is 5.32 Å². The number of carboxylic acids is 1. The molecule has 19 heavy (non-hydrogen) atoms. The minimum atomic E-state index is -1.07. The first-order valence-electron chi connectivity index (χ1n) is 6.28. The first-order chi connectivity index (χ1) is 9.12. The molecule has 1 aliphatic carbocycles. The fourth-order valence-electron chi connectivity index (χ4n) is 2.31. The van der Waals surface area contributed by atoms with Crippen LogP contribution in [0.2, 0.25) is 0 Å². The van der Waals surface area contributed by atoms with Crippen LogP contribution in [0.1, 0.15) is 24.8 Å². The molecule has 1 saturated carbocycles. The molecule has 0 aromatic heterocycles. The fourth-order valence-corrected chi connectivity index (χ4v) is 2.31. The Labute approximate surface area is 111 Å². The maximum atomic E-state index is 11.8. The highest BCUT2D eigenvalue weighted by Gasteiger charge is 2.39. The van der Waals surface area contributed by atoms with Gasteiger partial charge in [0.2, 0.25) is 5.91 Å². The lowest BCUT2D eigenvalue weighted by Gasteiger charge is -2.43. The average molecular weight is 263 g/mol. The zero-order valence-electron chi connectivity index (χ0n) is 10.6. The number of carbonyl (C=O) groups is 2. The number of ether oxygens (including phenoxy) is 1. The van der Waals surface area contributed by atoms with E-state index in [0.717, 1.165) is 24.8 Å². The monoisotopic (exact) mass is 263 g/mol. The Bertz CT molecular complexity index is 454. The highest BCUT2D eigenvalue weighted by atomic mass is 16.5. The molecule has 0 aliphatic heterocycles. The zero-order valence-corrected chi connectivity index (χ0v) is 10.6. The zero-order chi connectivity index (χ0) is 13.7. The molecular formula is C14H17NO4. The van der Waals surface area contributed by atoms with Crippen LogP contribution in [0.3, 0.4) is 0 Å². The Morgan fingerprint density at radius 3 is 2.42 bits per heavy atom. The normalized spacial score (nSPS) is 16.4. The standard InChI is InChI=1S/C14H17NO4/c16-12(9-19-10-13(17)18)15-14(7-4-8-14)11-5-2-1-3-6-11/h1-3,5-6H,4,7-10H2,(H,15,16)(H,17,18). The van der Waals surface area contributed by atoms with Crippen LogP contribution in [0.25, 0.3) is 0 Å². The molecule has 2 rings (SSSR count). The third kappa shape index (κ3) is 3.32. The summed E-state index contributed by atoms with van der Waals surface area (Å²) in [6, 6.07) is 9.83. The summed E-state index contributed by atoms with van der Waals surface area (Å²) in [5.74, 6) is -1.35. The molecule has 0 bridgehead atoms. The van der Waals surface area contributed by atoms with E-state index in [2.05, 4.69) is 5.32 Å². The number of hydrogen-bond acceptors (Lipinski definition) is 3. The molecule has 0 unspecified atom stereocenters. The van der Waals surface area contributed by atoms with E-state index in [4.69, 9.17) is 9.84 Å². The lowest BCUT2D eigenvalue weighted by atomic mass is 9.72. The molecule has 0 spiro atoms. The van der Waals surface area contributed by atoms with Crippen molar-refractivity contribution in [3.05, 3.63) is 35.9 Å². The molecule has 2 N–H and O–H groups in total. The van der Waals surface area contributed by atoms with Gasteiger partial charge in [-0.15, -0.1) is 0 Å². The largest absolute Gasteiger partial charge is 0.480 e. The molecule has 1 fully saturated rings. The number of benzene rings is 1. The topological polar surface area (TPSA) is 75.6 Å². The summed E-state index contributed by atoms with van der Waals surface area (Å²) in [4.78, 5) is 22.1. The van der Waals surface area contributed by atoms with E-state index < -0.39 is 12.6 Å². The molecule has 0 atom stereocenters. The Balaban J connectivity index is 1.92. The Kier molecular flexibility index (Phi) is 4.16. The van der Waals surface area contributed by atoms with E-state index in [1.165, 1.54) is 0 Å². The third-order valence-corrected chi connectivity index (χ3v) is 3.37. The van der Waals surface area contributed by atoms with Crippen LogP contribution in [0.5, 0.6) is 0 Å². The average Bonchev–Trinajstić information content (AvgIpc) is 2.34. The van der Waals surface area contributed by atoms with Gasteiger partial charge in [-0.2, -0.15) is 0 Å². The van der Waals surface area contributed by atoms with E-state index in [1.807, 2.05) is 30.3 Å². The first-order valence-corrected chi connectivity index (χ1v) is 6.28. The van der Waals surface area contributed by atoms with Gasteiger partial charge >= 0.3 is 5.97 Å². The predicted octanol–water partition coefficient (Wildman–Crippen LogP) is 1.28. The van der Waals surface area contributed by atoms with E-state index in [0.29, 0.717) is 0 Å². The first kappa shape index (κ1) is 13.5.